The predicted molar refractivity (Wildman–Crippen MR) is 46.3 cm³/mol. The average Bonchev–Trinajstić information content (AvgIpc) is 2.71. The van der Waals surface area contributed by atoms with Crippen LogP contribution < -0.4 is 0 Å². The molecular formula is C9H8N2O2. The minimum atomic E-state index is 0.337. The number of furan rings is 1. The highest BCUT2D eigenvalue weighted by Gasteiger charge is 2.10. The Hall–Kier alpha value is -1.84. The van der Waals surface area contributed by atoms with Crippen molar-refractivity contribution >= 4 is 6.29 Å². The van der Waals surface area contributed by atoms with Crippen LogP contribution in [-0.2, 0) is 7.05 Å². The third kappa shape index (κ3) is 1.16. The molecule has 0 unspecified atom stereocenters. The Morgan fingerprint density at radius 1 is 1.54 bits per heavy atom. The second-order valence-electron chi connectivity index (χ2n) is 2.66. The van der Waals surface area contributed by atoms with Gasteiger partial charge in [-0.15, -0.1) is 0 Å². The molecule has 0 radical (unpaired) electrons. The number of rotatable bonds is 2. The zero-order valence-corrected chi connectivity index (χ0v) is 7.10. The van der Waals surface area contributed by atoms with Gasteiger partial charge in [-0.2, -0.15) is 5.10 Å². The lowest BCUT2D eigenvalue weighted by Gasteiger charge is -1.97. The van der Waals surface area contributed by atoms with Crippen molar-refractivity contribution in [3.05, 3.63) is 30.4 Å². The third-order valence-electron chi connectivity index (χ3n) is 1.90. The number of aldehydes is 1. The van der Waals surface area contributed by atoms with E-state index in [0.29, 0.717) is 12.0 Å². The molecule has 0 saturated carbocycles. The van der Waals surface area contributed by atoms with Crippen molar-refractivity contribution in [3.63, 3.8) is 0 Å². The fourth-order valence-corrected chi connectivity index (χ4v) is 1.26. The lowest BCUT2D eigenvalue weighted by Crippen LogP contribution is -1.93. The van der Waals surface area contributed by atoms with E-state index in [1.165, 1.54) is 6.26 Å². The van der Waals surface area contributed by atoms with Gasteiger partial charge in [0.1, 0.15) is 0 Å². The maximum absolute atomic E-state index is 10.6. The molecule has 66 valence electrons. The molecule has 0 aliphatic heterocycles. The Balaban J connectivity index is 2.58. The molecule has 2 rings (SSSR count). The summed E-state index contributed by atoms with van der Waals surface area (Å²) in [5, 5.41) is 4.01. The maximum Gasteiger partial charge on any atom is 0.186 e. The molecule has 0 aliphatic carbocycles. The lowest BCUT2D eigenvalue weighted by molar-refractivity contribution is 0.110. The van der Waals surface area contributed by atoms with Crippen LogP contribution in [0.25, 0.3) is 11.3 Å². The van der Waals surface area contributed by atoms with Crippen molar-refractivity contribution in [2.75, 3.05) is 0 Å². The zero-order chi connectivity index (χ0) is 9.26. The van der Waals surface area contributed by atoms with Gasteiger partial charge in [0.05, 0.1) is 12.0 Å². The number of hydrogen-bond donors (Lipinski definition) is 0. The number of aryl methyl sites for hydroxylation is 1. The number of aromatic nitrogens is 2. The Morgan fingerprint density at radius 3 is 3.00 bits per heavy atom. The highest BCUT2D eigenvalue weighted by molar-refractivity contribution is 5.83. The number of carbonyl (C=O) groups excluding carboxylic acids is 1. The number of nitrogens with zero attached hydrogens (tertiary/aromatic N) is 2. The number of carbonyl (C=O) groups is 1. The fraction of sp³-hybridized carbons (Fsp3) is 0.111. The summed E-state index contributed by atoms with van der Waals surface area (Å²) in [7, 11) is 1.82. The van der Waals surface area contributed by atoms with Gasteiger partial charge in [-0.3, -0.25) is 9.48 Å². The summed E-state index contributed by atoms with van der Waals surface area (Å²) in [6.07, 6.45) is 3.87. The molecular weight excluding hydrogens is 168 g/mol. The summed E-state index contributed by atoms with van der Waals surface area (Å²) >= 11 is 0. The van der Waals surface area contributed by atoms with Crippen molar-refractivity contribution in [3.8, 4) is 11.3 Å². The first-order chi connectivity index (χ1) is 6.33. The standard InChI is InChI=1S/C9H8N2O2/c1-11-8(2-4-10-11)7-3-5-13-9(7)6-12/h2-6H,1H3. The second kappa shape index (κ2) is 2.90. The summed E-state index contributed by atoms with van der Waals surface area (Å²) in [6.45, 7) is 0. The van der Waals surface area contributed by atoms with Crippen molar-refractivity contribution in [1.82, 2.24) is 9.78 Å². The highest BCUT2D eigenvalue weighted by atomic mass is 16.3. The van der Waals surface area contributed by atoms with E-state index in [-0.39, 0.29) is 0 Å². The van der Waals surface area contributed by atoms with Crippen molar-refractivity contribution < 1.29 is 9.21 Å². The van der Waals surface area contributed by atoms with Gasteiger partial charge in [-0.05, 0) is 12.1 Å². The van der Waals surface area contributed by atoms with Gasteiger partial charge in [0.25, 0.3) is 0 Å². The summed E-state index contributed by atoms with van der Waals surface area (Å²) in [5.41, 5.74) is 1.64. The summed E-state index contributed by atoms with van der Waals surface area (Å²) in [4.78, 5) is 10.6. The molecule has 0 saturated heterocycles. The molecule has 2 aromatic heterocycles. The van der Waals surface area contributed by atoms with E-state index in [1.807, 2.05) is 13.1 Å². The molecule has 0 spiro atoms. The lowest BCUT2D eigenvalue weighted by atomic mass is 10.2. The van der Waals surface area contributed by atoms with Crippen LogP contribution in [0.5, 0.6) is 0 Å². The minimum absolute atomic E-state index is 0.337. The maximum atomic E-state index is 10.6. The van der Waals surface area contributed by atoms with Gasteiger partial charge in [0.2, 0.25) is 0 Å². The smallest absolute Gasteiger partial charge is 0.186 e. The number of hydrogen-bond acceptors (Lipinski definition) is 3. The SMILES string of the molecule is Cn1nccc1-c1ccoc1C=O. The molecule has 4 heteroatoms. The van der Waals surface area contributed by atoms with Gasteiger partial charge >= 0.3 is 0 Å². The summed E-state index contributed by atoms with van der Waals surface area (Å²) in [5.74, 6) is 0.337. The second-order valence-corrected chi connectivity index (χ2v) is 2.66. The monoisotopic (exact) mass is 176 g/mol. The Labute approximate surface area is 74.8 Å². The van der Waals surface area contributed by atoms with E-state index in [1.54, 1.807) is 16.9 Å². The van der Waals surface area contributed by atoms with Crippen molar-refractivity contribution in [1.29, 1.82) is 0 Å². The molecule has 2 aromatic rings. The molecule has 0 aromatic carbocycles. The van der Waals surface area contributed by atoms with Gasteiger partial charge in [-0.1, -0.05) is 0 Å². The van der Waals surface area contributed by atoms with E-state index in [0.717, 1.165) is 11.3 Å². The Kier molecular flexibility index (Phi) is 1.73. The highest BCUT2D eigenvalue weighted by Crippen LogP contribution is 2.22. The van der Waals surface area contributed by atoms with Crippen LogP contribution in [0.15, 0.2) is 29.0 Å². The van der Waals surface area contributed by atoms with Crippen LogP contribution >= 0.6 is 0 Å². The first-order valence-electron chi connectivity index (χ1n) is 3.84. The Bertz CT molecular complexity index is 428. The van der Waals surface area contributed by atoms with Gasteiger partial charge < -0.3 is 4.42 Å². The molecule has 0 bridgehead atoms. The fourth-order valence-electron chi connectivity index (χ4n) is 1.26. The van der Waals surface area contributed by atoms with Crippen LogP contribution in [0.3, 0.4) is 0 Å². The van der Waals surface area contributed by atoms with Crippen molar-refractivity contribution in [2.45, 2.75) is 0 Å². The first kappa shape index (κ1) is 7.79. The van der Waals surface area contributed by atoms with E-state index in [2.05, 4.69) is 5.10 Å². The summed E-state index contributed by atoms with van der Waals surface area (Å²) in [6, 6.07) is 3.58. The van der Waals surface area contributed by atoms with Gasteiger partial charge in [-0.25, -0.2) is 0 Å². The summed E-state index contributed by atoms with van der Waals surface area (Å²) < 4.78 is 6.68. The van der Waals surface area contributed by atoms with E-state index < -0.39 is 0 Å². The first-order valence-corrected chi connectivity index (χ1v) is 3.84. The normalized spacial score (nSPS) is 10.2. The van der Waals surface area contributed by atoms with Crippen LogP contribution in [0.2, 0.25) is 0 Å². The van der Waals surface area contributed by atoms with Gasteiger partial charge in [0, 0.05) is 18.8 Å². The topological polar surface area (TPSA) is 48.0 Å². The molecule has 0 amide bonds. The van der Waals surface area contributed by atoms with Crippen LogP contribution in [0.1, 0.15) is 10.6 Å². The van der Waals surface area contributed by atoms with Crippen LogP contribution in [0.4, 0.5) is 0 Å². The zero-order valence-electron chi connectivity index (χ0n) is 7.10. The third-order valence-corrected chi connectivity index (χ3v) is 1.90. The largest absolute Gasteiger partial charge is 0.461 e. The predicted octanol–water partition coefficient (Wildman–Crippen LogP) is 1.49. The molecule has 13 heavy (non-hydrogen) atoms. The van der Waals surface area contributed by atoms with E-state index in [4.69, 9.17) is 4.42 Å². The molecule has 0 fully saturated rings. The minimum Gasteiger partial charge on any atom is -0.461 e. The van der Waals surface area contributed by atoms with E-state index >= 15 is 0 Å². The Morgan fingerprint density at radius 2 is 2.38 bits per heavy atom. The quantitative estimate of drug-likeness (QED) is 0.651. The average molecular weight is 176 g/mol. The van der Waals surface area contributed by atoms with E-state index in [9.17, 15) is 4.79 Å². The molecule has 0 aliphatic rings. The molecule has 0 N–H and O–H groups in total. The molecule has 4 nitrogen and oxygen atoms in total. The van der Waals surface area contributed by atoms with Crippen LogP contribution in [0, 0.1) is 0 Å². The molecule has 0 atom stereocenters. The van der Waals surface area contributed by atoms with Crippen molar-refractivity contribution in [2.24, 2.45) is 7.05 Å². The van der Waals surface area contributed by atoms with Gasteiger partial charge in [0.15, 0.2) is 12.0 Å². The molecule has 2 heterocycles. The van der Waals surface area contributed by atoms with Crippen LogP contribution in [-0.4, -0.2) is 16.1 Å².